The lowest BCUT2D eigenvalue weighted by Crippen LogP contribution is -2.41. The molecular weight excluding hydrogens is 172 g/mol. The van der Waals surface area contributed by atoms with E-state index in [1.807, 2.05) is 13.8 Å². The maximum atomic E-state index is 11.2. The van der Waals surface area contributed by atoms with E-state index in [2.05, 4.69) is 4.89 Å². The van der Waals surface area contributed by atoms with Crippen LogP contribution in [0.4, 0.5) is 0 Å². The minimum absolute atomic E-state index is 0.00907. The van der Waals surface area contributed by atoms with Crippen molar-refractivity contribution in [3.05, 3.63) is 0 Å². The van der Waals surface area contributed by atoms with Gasteiger partial charge >= 0.3 is 5.97 Å². The molecule has 0 aliphatic rings. The van der Waals surface area contributed by atoms with Crippen LogP contribution in [0.2, 0.25) is 0 Å². The molecule has 0 spiro atoms. The van der Waals surface area contributed by atoms with Gasteiger partial charge in [0.1, 0.15) is 0 Å². The van der Waals surface area contributed by atoms with Crippen LogP contribution in [0.15, 0.2) is 0 Å². The maximum Gasteiger partial charge on any atom is 0.348 e. The van der Waals surface area contributed by atoms with Crippen molar-refractivity contribution in [3.8, 4) is 0 Å². The highest BCUT2D eigenvalue weighted by atomic mass is 17.1. The average molecular weight is 190 g/mol. The van der Waals surface area contributed by atoms with Gasteiger partial charge in [-0.3, -0.25) is 0 Å². The fourth-order valence-electron chi connectivity index (χ4n) is 0.982. The van der Waals surface area contributed by atoms with Crippen LogP contribution in [0.3, 0.4) is 0 Å². The highest BCUT2D eigenvalue weighted by Gasteiger charge is 2.44. The van der Waals surface area contributed by atoms with E-state index in [1.54, 1.807) is 13.8 Å². The van der Waals surface area contributed by atoms with Gasteiger partial charge in [-0.25, -0.2) is 4.79 Å². The van der Waals surface area contributed by atoms with Crippen molar-refractivity contribution in [2.24, 2.45) is 10.8 Å². The molecule has 78 valence electrons. The molecule has 0 aliphatic heterocycles. The molecule has 0 rings (SSSR count). The third-order valence-corrected chi connectivity index (χ3v) is 3.02. The third kappa shape index (κ3) is 2.42. The molecule has 0 aromatic rings. The summed E-state index contributed by atoms with van der Waals surface area (Å²) in [5.41, 5.74) is -1.23. The topological polar surface area (TPSA) is 66.8 Å². The number of rotatable bonds is 4. The van der Waals surface area contributed by atoms with Crippen LogP contribution < -0.4 is 0 Å². The van der Waals surface area contributed by atoms with Gasteiger partial charge in [0, 0.05) is 6.61 Å². The first-order valence-electron chi connectivity index (χ1n) is 4.26. The summed E-state index contributed by atoms with van der Waals surface area (Å²) in [7, 11) is 0. The van der Waals surface area contributed by atoms with E-state index in [-0.39, 0.29) is 6.61 Å². The smallest absolute Gasteiger partial charge is 0.348 e. The monoisotopic (exact) mass is 190 g/mol. The van der Waals surface area contributed by atoms with Crippen LogP contribution in [0.1, 0.15) is 34.1 Å². The largest absolute Gasteiger partial charge is 0.396 e. The maximum absolute atomic E-state index is 11.2. The van der Waals surface area contributed by atoms with Crippen molar-refractivity contribution in [1.29, 1.82) is 0 Å². The summed E-state index contributed by atoms with van der Waals surface area (Å²) in [5, 5.41) is 17.1. The normalized spacial score (nSPS) is 12.8. The molecule has 0 heterocycles. The Balaban J connectivity index is 4.69. The molecule has 0 bridgehead atoms. The summed E-state index contributed by atoms with van der Waals surface area (Å²) < 4.78 is 0. The van der Waals surface area contributed by atoms with Gasteiger partial charge in [0.2, 0.25) is 0 Å². The second kappa shape index (κ2) is 4.07. The van der Waals surface area contributed by atoms with E-state index >= 15 is 0 Å². The zero-order chi connectivity index (χ0) is 10.7. The fourth-order valence-corrected chi connectivity index (χ4v) is 0.982. The van der Waals surface area contributed by atoms with Crippen LogP contribution in [0.25, 0.3) is 0 Å². The molecule has 0 radical (unpaired) electrons. The molecule has 0 fully saturated rings. The van der Waals surface area contributed by atoms with Crippen molar-refractivity contribution in [3.63, 3.8) is 0 Å². The van der Waals surface area contributed by atoms with Gasteiger partial charge in [-0.2, -0.15) is 5.26 Å². The van der Waals surface area contributed by atoms with Crippen LogP contribution in [-0.2, 0) is 9.68 Å². The SMILES string of the molecule is CC(C)(CCO)C(C)(C)C(=O)OO. The average Bonchev–Trinajstić information content (AvgIpc) is 2.02. The minimum atomic E-state index is -0.815. The van der Waals surface area contributed by atoms with E-state index in [0.717, 1.165) is 0 Å². The Morgan fingerprint density at radius 1 is 1.31 bits per heavy atom. The number of hydrogen-bond acceptors (Lipinski definition) is 4. The molecule has 0 aromatic heterocycles. The van der Waals surface area contributed by atoms with Crippen molar-refractivity contribution in [2.75, 3.05) is 6.61 Å². The second-order valence-electron chi connectivity index (χ2n) is 4.36. The standard InChI is InChI=1S/C9H18O4/c1-8(2,5-6-10)9(3,4)7(11)13-12/h10,12H,5-6H2,1-4H3. The van der Waals surface area contributed by atoms with Gasteiger partial charge in [-0.1, -0.05) is 13.8 Å². The van der Waals surface area contributed by atoms with E-state index in [1.165, 1.54) is 0 Å². The summed E-state index contributed by atoms with van der Waals surface area (Å²) in [6, 6.07) is 0. The van der Waals surface area contributed by atoms with E-state index < -0.39 is 16.8 Å². The Labute approximate surface area is 78.5 Å². The van der Waals surface area contributed by atoms with Crippen molar-refractivity contribution >= 4 is 5.97 Å². The zero-order valence-corrected chi connectivity index (χ0v) is 8.63. The van der Waals surface area contributed by atoms with Gasteiger partial charge in [0.05, 0.1) is 5.41 Å². The van der Waals surface area contributed by atoms with E-state index in [9.17, 15) is 4.79 Å². The summed E-state index contributed by atoms with van der Waals surface area (Å²) in [5.74, 6) is -0.675. The predicted molar refractivity (Wildman–Crippen MR) is 48.0 cm³/mol. The summed E-state index contributed by atoms with van der Waals surface area (Å²) >= 11 is 0. The van der Waals surface area contributed by atoms with Gasteiger partial charge in [-0.15, -0.1) is 0 Å². The number of aliphatic hydroxyl groups is 1. The van der Waals surface area contributed by atoms with Crippen molar-refractivity contribution in [2.45, 2.75) is 34.1 Å². The molecule has 0 aromatic carbocycles. The lowest BCUT2D eigenvalue weighted by Gasteiger charge is -2.37. The Morgan fingerprint density at radius 3 is 2.08 bits per heavy atom. The Kier molecular flexibility index (Phi) is 3.88. The van der Waals surface area contributed by atoms with E-state index in [4.69, 9.17) is 10.4 Å². The number of carbonyl (C=O) groups is 1. The predicted octanol–water partition coefficient (Wildman–Crippen LogP) is 1.44. The molecule has 0 amide bonds. The van der Waals surface area contributed by atoms with Crippen LogP contribution >= 0.6 is 0 Å². The van der Waals surface area contributed by atoms with Crippen LogP contribution in [0.5, 0.6) is 0 Å². The van der Waals surface area contributed by atoms with Gasteiger partial charge in [0.15, 0.2) is 0 Å². The minimum Gasteiger partial charge on any atom is -0.396 e. The molecular formula is C9H18O4. The first-order valence-corrected chi connectivity index (χ1v) is 4.26. The summed E-state index contributed by atoms with van der Waals surface area (Å²) in [6.07, 6.45) is 0.481. The number of aliphatic hydroxyl groups excluding tert-OH is 1. The first kappa shape index (κ1) is 12.4. The summed E-state index contributed by atoms with van der Waals surface area (Å²) in [4.78, 5) is 14.9. The lowest BCUT2D eigenvalue weighted by molar-refractivity contribution is -0.249. The molecule has 0 aliphatic carbocycles. The lowest BCUT2D eigenvalue weighted by atomic mass is 9.66. The number of carbonyl (C=O) groups excluding carboxylic acids is 1. The molecule has 4 heteroatoms. The van der Waals surface area contributed by atoms with Gasteiger partial charge < -0.3 is 9.99 Å². The van der Waals surface area contributed by atoms with Crippen molar-refractivity contribution < 1.29 is 20.0 Å². The third-order valence-electron chi connectivity index (χ3n) is 3.02. The highest BCUT2D eigenvalue weighted by Crippen LogP contribution is 2.41. The molecule has 0 saturated carbocycles. The second-order valence-corrected chi connectivity index (χ2v) is 4.36. The first-order chi connectivity index (χ1) is 5.79. The molecule has 4 nitrogen and oxygen atoms in total. The fraction of sp³-hybridized carbons (Fsp3) is 0.889. The van der Waals surface area contributed by atoms with Gasteiger partial charge in [0.25, 0.3) is 0 Å². The van der Waals surface area contributed by atoms with Crippen LogP contribution in [0, 0.1) is 10.8 Å². The Bertz CT molecular complexity index is 184. The van der Waals surface area contributed by atoms with E-state index in [0.29, 0.717) is 6.42 Å². The summed E-state index contributed by atoms with van der Waals surface area (Å²) in [6.45, 7) is 7.07. The zero-order valence-electron chi connectivity index (χ0n) is 8.63. The highest BCUT2D eigenvalue weighted by molar-refractivity contribution is 5.76. The molecule has 13 heavy (non-hydrogen) atoms. The molecule has 2 N–H and O–H groups in total. The quantitative estimate of drug-likeness (QED) is 0.520. The molecule has 0 atom stereocenters. The van der Waals surface area contributed by atoms with Crippen LogP contribution in [-0.4, -0.2) is 22.9 Å². The molecule has 0 unspecified atom stereocenters. The Hall–Kier alpha value is -0.610. The number of hydrogen-bond donors (Lipinski definition) is 2. The van der Waals surface area contributed by atoms with Crippen molar-refractivity contribution in [1.82, 2.24) is 0 Å². The Morgan fingerprint density at radius 2 is 1.77 bits per heavy atom. The molecule has 0 saturated heterocycles. The van der Waals surface area contributed by atoms with Gasteiger partial charge in [-0.05, 0) is 25.7 Å².